The molecule has 2 N–H and O–H groups in total. The van der Waals surface area contributed by atoms with Gasteiger partial charge in [-0.1, -0.05) is 0 Å². The first-order chi connectivity index (χ1) is 8.66. The molecule has 7 heteroatoms. The van der Waals surface area contributed by atoms with E-state index in [0.717, 1.165) is 24.5 Å². The third-order valence-corrected chi connectivity index (χ3v) is 4.15. The summed E-state index contributed by atoms with van der Waals surface area (Å²) in [4.78, 5) is 24.3. The van der Waals surface area contributed by atoms with Crippen LogP contribution in [0, 0.1) is 0 Å². The second kappa shape index (κ2) is 6.40. The monoisotopic (exact) mass is 274 g/mol. The highest BCUT2D eigenvalue weighted by atomic mass is 32.2. The molecule has 0 bridgehead atoms. The predicted octanol–water partition coefficient (Wildman–Crippen LogP) is -0.259. The van der Waals surface area contributed by atoms with Crippen LogP contribution in [-0.2, 0) is 14.3 Å². The molecule has 0 aromatic rings. The highest BCUT2D eigenvalue weighted by Crippen LogP contribution is 2.17. The molecule has 2 aliphatic rings. The Morgan fingerprint density at radius 2 is 2.11 bits per heavy atom. The molecular weight excluding hydrogens is 256 g/mol. The van der Waals surface area contributed by atoms with Crippen molar-refractivity contribution in [1.29, 1.82) is 0 Å². The summed E-state index contributed by atoms with van der Waals surface area (Å²) in [5.41, 5.74) is 0. The molecule has 102 valence electrons. The number of carboxylic acid groups (broad SMARTS) is 1. The molecule has 2 aliphatic heterocycles. The van der Waals surface area contributed by atoms with E-state index >= 15 is 0 Å². The Morgan fingerprint density at radius 3 is 2.67 bits per heavy atom. The van der Waals surface area contributed by atoms with Crippen LogP contribution in [0.5, 0.6) is 0 Å². The summed E-state index contributed by atoms with van der Waals surface area (Å²) in [5, 5.41) is 11.7. The van der Waals surface area contributed by atoms with E-state index in [9.17, 15) is 9.59 Å². The van der Waals surface area contributed by atoms with Crippen LogP contribution in [0.1, 0.15) is 12.8 Å². The normalized spacial score (nSPS) is 25.3. The molecule has 18 heavy (non-hydrogen) atoms. The molecule has 1 unspecified atom stereocenters. The van der Waals surface area contributed by atoms with Gasteiger partial charge in [-0.25, -0.2) is 4.79 Å². The number of carbonyl (C=O) groups is 2. The van der Waals surface area contributed by atoms with E-state index in [1.807, 2.05) is 4.90 Å². The van der Waals surface area contributed by atoms with Crippen LogP contribution in [0.25, 0.3) is 0 Å². The maximum atomic E-state index is 12.1. The topological polar surface area (TPSA) is 78.9 Å². The first kappa shape index (κ1) is 13.6. The maximum absolute atomic E-state index is 12.1. The summed E-state index contributed by atoms with van der Waals surface area (Å²) in [7, 11) is 0. The minimum atomic E-state index is -0.944. The van der Waals surface area contributed by atoms with Gasteiger partial charge in [0.25, 0.3) is 0 Å². The van der Waals surface area contributed by atoms with E-state index in [4.69, 9.17) is 9.84 Å². The fourth-order valence-corrected chi connectivity index (χ4v) is 3.14. The van der Waals surface area contributed by atoms with Crippen LogP contribution in [0.4, 0.5) is 0 Å². The number of hydrogen-bond donors (Lipinski definition) is 2. The van der Waals surface area contributed by atoms with Crippen molar-refractivity contribution in [3.05, 3.63) is 0 Å². The van der Waals surface area contributed by atoms with Gasteiger partial charge in [0.1, 0.15) is 6.61 Å². The smallest absolute Gasteiger partial charge is 0.329 e. The Labute approximate surface area is 110 Å². The molecule has 6 nitrogen and oxygen atoms in total. The van der Waals surface area contributed by atoms with Gasteiger partial charge in [0, 0.05) is 24.7 Å². The maximum Gasteiger partial charge on any atom is 0.329 e. The number of hydrogen-bond acceptors (Lipinski definition) is 5. The lowest BCUT2D eigenvalue weighted by atomic mass is 10.1. The molecular formula is C11H18N2O4S. The molecule has 2 fully saturated rings. The van der Waals surface area contributed by atoms with E-state index in [0.29, 0.717) is 13.1 Å². The minimum Gasteiger partial charge on any atom is -0.480 e. The van der Waals surface area contributed by atoms with Crippen LogP contribution in [0.3, 0.4) is 0 Å². The number of nitrogens with one attached hydrogen (secondary N) is 1. The third kappa shape index (κ3) is 3.60. The lowest BCUT2D eigenvalue weighted by molar-refractivity contribution is -0.147. The summed E-state index contributed by atoms with van der Waals surface area (Å²) in [6, 6.07) is -0.0495. The van der Waals surface area contributed by atoms with Crippen molar-refractivity contribution in [3.63, 3.8) is 0 Å². The number of carbonyl (C=O) groups excluding carboxylic acids is 1. The standard InChI is InChI=1S/C11H18N2O4S/c14-10(15)5-17-8-1-3-13(4-2-8)11(16)9-6-18-7-12-9/h8-9,12H,1-7H2,(H,14,15). The number of aliphatic carboxylic acids is 1. The predicted molar refractivity (Wildman–Crippen MR) is 67.4 cm³/mol. The number of amides is 1. The number of thioether (sulfide) groups is 1. The molecule has 2 saturated heterocycles. The first-order valence-electron chi connectivity index (χ1n) is 6.10. The average molecular weight is 274 g/mol. The molecule has 2 heterocycles. The van der Waals surface area contributed by atoms with Gasteiger partial charge in [0.15, 0.2) is 0 Å². The number of likely N-dealkylation sites (tertiary alicyclic amines) is 1. The van der Waals surface area contributed by atoms with Crippen molar-refractivity contribution in [3.8, 4) is 0 Å². The molecule has 0 saturated carbocycles. The summed E-state index contributed by atoms with van der Waals surface area (Å²) < 4.78 is 5.24. The Morgan fingerprint density at radius 1 is 1.39 bits per heavy atom. The second-order valence-electron chi connectivity index (χ2n) is 4.50. The Balaban J connectivity index is 1.72. The number of nitrogens with zero attached hydrogens (tertiary/aromatic N) is 1. The van der Waals surface area contributed by atoms with E-state index in [2.05, 4.69) is 5.32 Å². The van der Waals surface area contributed by atoms with Crippen LogP contribution in [0.2, 0.25) is 0 Å². The zero-order valence-electron chi connectivity index (χ0n) is 10.1. The molecule has 0 aromatic carbocycles. The second-order valence-corrected chi connectivity index (χ2v) is 5.53. The fourth-order valence-electron chi connectivity index (χ4n) is 2.21. The quantitative estimate of drug-likeness (QED) is 0.735. The molecule has 1 amide bonds. The van der Waals surface area contributed by atoms with Gasteiger partial charge >= 0.3 is 5.97 Å². The molecule has 0 radical (unpaired) electrons. The van der Waals surface area contributed by atoms with Gasteiger partial charge in [0.2, 0.25) is 5.91 Å². The Hall–Kier alpha value is -0.790. The highest BCUT2D eigenvalue weighted by Gasteiger charge is 2.30. The molecule has 1 atom stereocenters. The van der Waals surface area contributed by atoms with Gasteiger partial charge in [-0.15, -0.1) is 11.8 Å². The molecule has 0 spiro atoms. The number of carboxylic acids is 1. The summed E-state index contributed by atoms with van der Waals surface area (Å²) in [5.74, 6) is 0.903. The van der Waals surface area contributed by atoms with Crippen LogP contribution < -0.4 is 5.32 Å². The van der Waals surface area contributed by atoms with Crippen molar-refractivity contribution >= 4 is 23.6 Å². The van der Waals surface area contributed by atoms with Gasteiger partial charge in [-0.05, 0) is 12.8 Å². The summed E-state index contributed by atoms with van der Waals surface area (Å²) in [6.45, 7) is 1.07. The van der Waals surface area contributed by atoms with E-state index < -0.39 is 5.97 Å². The highest BCUT2D eigenvalue weighted by molar-refractivity contribution is 7.99. The summed E-state index contributed by atoms with van der Waals surface area (Å²) in [6.07, 6.45) is 1.41. The third-order valence-electron chi connectivity index (χ3n) is 3.21. The lowest BCUT2D eigenvalue weighted by Gasteiger charge is -2.33. The SMILES string of the molecule is O=C(O)COC1CCN(C(=O)C2CSCN2)CC1. The number of piperidine rings is 1. The first-order valence-corrected chi connectivity index (χ1v) is 7.25. The zero-order chi connectivity index (χ0) is 13.0. The Kier molecular flexibility index (Phi) is 4.85. The van der Waals surface area contributed by atoms with Crippen molar-refractivity contribution in [2.75, 3.05) is 31.3 Å². The van der Waals surface area contributed by atoms with Crippen molar-refractivity contribution in [1.82, 2.24) is 10.2 Å². The lowest BCUT2D eigenvalue weighted by Crippen LogP contribution is -2.49. The van der Waals surface area contributed by atoms with Crippen molar-refractivity contribution in [2.45, 2.75) is 25.0 Å². The van der Waals surface area contributed by atoms with Gasteiger partial charge in [0.05, 0.1) is 12.1 Å². The minimum absolute atomic E-state index is 0.0314. The summed E-state index contributed by atoms with van der Waals surface area (Å²) >= 11 is 1.74. The van der Waals surface area contributed by atoms with E-state index in [1.165, 1.54) is 0 Å². The van der Waals surface area contributed by atoms with Crippen molar-refractivity contribution < 1.29 is 19.4 Å². The van der Waals surface area contributed by atoms with Crippen LogP contribution in [-0.4, -0.2) is 65.4 Å². The van der Waals surface area contributed by atoms with Gasteiger partial charge < -0.3 is 14.7 Å². The zero-order valence-corrected chi connectivity index (χ0v) is 10.9. The fraction of sp³-hybridized carbons (Fsp3) is 0.818. The van der Waals surface area contributed by atoms with E-state index in [-0.39, 0.29) is 24.7 Å². The average Bonchev–Trinajstić information content (AvgIpc) is 2.90. The van der Waals surface area contributed by atoms with Gasteiger partial charge in [-0.3, -0.25) is 10.1 Å². The van der Waals surface area contributed by atoms with Crippen LogP contribution in [0.15, 0.2) is 0 Å². The van der Waals surface area contributed by atoms with Gasteiger partial charge in [-0.2, -0.15) is 0 Å². The molecule has 2 rings (SSSR count). The van der Waals surface area contributed by atoms with Crippen molar-refractivity contribution in [2.24, 2.45) is 0 Å². The molecule has 0 aromatic heterocycles. The Bertz CT molecular complexity index is 312. The molecule has 0 aliphatic carbocycles. The van der Waals surface area contributed by atoms with E-state index in [1.54, 1.807) is 11.8 Å². The largest absolute Gasteiger partial charge is 0.480 e. The number of ether oxygens (including phenoxy) is 1. The van der Waals surface area contributed by atoms with Crippen LogP contribution >= 0.6 is 11.8 Å². The number of rotatable bonds is 4.